The molecule has 0 unspecified atom stereocenters. The minimum atomic E-state index is 0.283. The molecule has 0 saturated heterocycles. The fourth-order valence-electron chi connectivity index (χ4n) is 1.45. The molecule has 0 saturated carbocycles. The molecule has 0 aromatic heterocycles. The van der Waals surface area contributed by atoms with Gasteiger partial charge in [0, 0.05) is 12.6 Å². The highest BCUT2D eigenvalue weighted by molar-refractivity contribution is 5.46. The van der Waals surface area contributed by atoms with E-state index in [0.29, 0.717) is 6.61 Å². The van der Waals surface area contributed by atoms with Gasteiger partial charge in [-0.05, 0) is 24.8 Å². The van der Waals surface area contributed by atoms with Crippen molar-refractivity contribution in [1.82, 2.24) is 5.32 Å². The molecule has 4 heteroatoms. The van der Waals surface area contributed by atoms with Gasteiger partial charge < -0.3 is 19.5 Å². The Bertz CT molecular complexity index is 390. The van der Waals surface area contributed by atoms with Crippen molar-refractivity contribution < 1.29 is 14.2 Å². The van der Waals surface area contributed by atoms with Crippen molar-refractivity contribution in [2.45, 2.75) is 0 Å². The minimum Gasteiger partial charge on any atom is -0.489 e. The average molecular weight is 221 g/mol. The Hall–Kier alpha value is -1.68. The van der Waals surface area contributed by atoms with Crippen molar-refractivity contribution in [2.24, 2.45) is 0 Å². The highest BCUT2D eigenvalue weighted by atomic mass is 16.7. The van der Waals surface area contributed by atoms with Crippen molar-refractivity contribution in [3.8, 4) is 17.2 Å². The molecule has 1 N–H and O–H groups in total. The van der Waals surface area contributed by atoms with E-state index in [9.17, 15) is 0 Å². The topological polar surface area (TPSA) is 39.7 Å². The number of likely N-dealkylation sites (N-methyl/N-ethyl adjacent to an activating group) is 1. The molecule has 0 radical (unpaired) electrons. The SMILES string of the molecule is C=C(CNC)COc1ccc2c(c1)OCO2. The summed E-state index contributed by atoms with van der Waals surface area (Å²) < 4.78 is 16.0. The van der Waals surface area contributed by atoms with E-state index >= 15 is 0 Å². The van der Waals surface area contributed by atoms with Crippen molar-refractivity contribution in [1.29, 1.82) is 0 Å². The van der Waals surface area contributed by atoms with Gasteiger partial charge >= 0.3 is 0 Å². The molecule has 1 aromatic carbocycles. The van der Waals surface area contributed by atoms with Gasteiger partial charge in [-0.1, -0.05) is 6.58 Å². The van der Waals surface area contributed by atoms with Crippen molar-refractivity contribution >= 4 is 0 Å². The van der Waals surface area contributed by atoms with E-state index in [4.69, 9.17) is 14.2 Å². The maximum atomic E-state index is 5.57. The van der Waals surface area contributed by atoms with E-state index in [0.717, 1.165) is 29.4 Å². The average Bonchev–Trinajstić information content (AvgIpc) is 2.74. The summed E-state index contributed by atoms with van der Waals surface area (Å²) in [7, 11) is 1.88. The molecule has 0 bridgehead atoms. The van der Waals surface area contributed by atoms with E-state index in [1.165, 1.54) is 0 Å². The predicted molar refractivity (Wildman–Crippen MR) is 61.1 cm³/mol. The maximum absolute atomic E-state index is 5.57. The van der Waals surface area contributed by atoms with Gasteiger partial charge in [-0.25, -0.2) is 0 Å². The van der Waals surface area contributed by atoms with E-state index in [-0.39, 0.29) is 6.79 Å². The molecule has 1 aliphatic rings. The normalized spacial score (nSPS) is 12.6. The Morgan fingerprint density at radius 3 is 3.06 bits per heavy atom. The molecular formula is C12H15NO3. The molecular weight excluding hydrogens is 206 g/mol. The van der Waals surface area contributed by atoms with Gasteiger partial charge in [0.15, 0.2) is 11.5 Å². The van der Waals surface area contributed by atoms with Crippen LogP contribution in [-0.4, -0.2) is 27.0 Å². The quantitative estimate of drug-likeness (QED) is 0.766. The number of fused-ring (bicyclic) bond motifs is 1. The molecule has 2 rings (SSSR count). The zero-order valence-electron chi connectivity index (χ0n) is 9.29. The lowest BCUT2D eigenvalue weighted by molar-refractivity contribution is 0.174. The van der Waals surface area contributed by atoms with Crippen LogP contribution in [0.25, 0.3) is 0 Å². The number of hydrogen-bond donors (Lipinski definition) is 1. The van der Waals surface area contributed by atoms with Crippen LogP contribution < -0.4 is 19.5 Å². The maximum Gasteiger partial charge on any atom is 0.231 e. The van der Waals surface area contributed by atoms with E-state index in [1.807, 2.05) is 25.2 Å². The molecule has 4 nitrogen and oxygen atoms in total. The molecule has 86 valence electrons. The summed E-state index contributed by atoms with van der Waals surface area (Å²) in [5.41, 5.74) is 1.00. The first-order valence-electron chi connectivity index (χ1n) is 5.13. The monoisotopic (exact) mass is 221 g/mol. The summed E-state index contributed by atoms with van der Waals surface area (Å²) in [6.07, 6.45) is 0. The molecule has 16 heavy (non-hydrogen) atoms. The zero-order chi connectivity index (χ0) is 11.4. The third kappa shape index (κ3) is 2.46. The van der Waals surface area contributed by atoms with E-state index in [1.54, 1.807) is 0 Å². The Morgan fingerprint density at radius 2 is 2.25 bits per heavy atom. The summed E-state index contributed by atoms with van der Waals surface area (Å²) in [5.74, 6) is 2.26. The Balaban J connectivity index is 1.93. The van der Waals surface area contributed by atoms with Crippen molar-refractivity contribution in [3.63, 3.8) is 0 Å². The van der Waals surface area contributed by atoms with Crippen LogP contribution >= 0.6 is 0 Å². The Labute approximate surface area is 94.8 Å². The van der Waals surface area contributed by atoms with Crippen LogP contribution in [0.4, 0.5) is 0 Å². The molecule has 0 amide bonds. The molecule has 1 aliphatic heterocycles. The summed E-state index contributed by atoms with van der Waals surface area (Å²) in [4.78, 5) is 0. The zero-order valence-corrected chi connectivity index (χ0v) is 9.29. The summed E-state index contributed by atoms with van der Waals surface area (Å²) in [6.45, 7) is 5.43. The van der Waals surface area contributed by atoms with Gasteiger partial charge in [0.2, 0.25) is 6.79 Å². The fourth-order valence-corrected chi connectivity index (χ4v) is 1.45. The van der Waals surface area contributed by atoms with Crippen LogP contribution in [0.1, 0.15) is 0 Å². The molecule has 0 aliphatic carbocycles. The third-order valence-electron chi connectivity index (χ3n) is 2.21. The molecule has 0 spiro atoms. The second kappa shape index (κ2) is 4.90. The number of rotatable bonds is 5. The van der Waals surface area contributed by atoms with Crippen LogP contribution in [0.5, 0.6) is 17.2 Å². The first kappa shape index (κ1) is 10.8. The van der Waals surface area contributed by atoms with Gasteiger partial charge in [-0.15, -0.1) is 0 Å². The van der Waals surface area contributed by atoms with Crippen LogP contribution in [-0.2, 0) is 0 Å². The van der Waals surface area contributed by atoms with Gasteiger partial charge in [0.25, 0.3) is 0 Å². The van der Waals surface area contributed by atoms with Gasteiger partial charge in [-0.2, -0.15) is 0 Å². The van der Waals surface area contributed by atoms with Gasteiger partial charge in [-0.3, -0.25) is 0 Å². The lowest BCUT2D eigenvalue weighted by Crippen LogP contribution is -2.14. The fraction of sp³-hybridized carbons (Fsp3) is 0.333. The van der Waals surface area contributed by atoms with Crippen molar-refractivity contribution in [2.75, 3.05) is 27.0 Å². The number of nitrogens with one attached hydrogen (secondary N) is 1. The second-order valence-electron chi connectivity index (χ2n) is 3.58. The van der Waals surface area contributed by atoms with Gasteiger partial charge in [0.05, 0.1) is 0 Å². The number of ether oxygens (including phenoxy) is 3. The Kier molecular flexibility index (Phi) is 3.31. The number of benzene rings is 1. The van der Waals surface area contributed by atoms with Crippen LogP contribution in [0.3, 0.4) is 0 Å². The minimum absolute atomic E-state index is 0.283. The number of hydrogen-bond acceptors (Lipinski definition) is 4. The lowest BCUT2D eigenvalue weighted by Gasteiger charge is -2.08. The first-order valence-corrected chi connectivity index (χ1v) is 5.13. The van der Waals surface area contributed by atoms with Gasteiger partial charge in [0.1, 0.15) is 12.4 Å². The summed E-state index contributed by atoms with van der Waals surface area (Å²) >= 11 is 0. The lowest BCUT2D eigenvalue weighted by atomic mass is 10.3. The highest BCUT2D eigenvalue weighted by Gasteiger charge is 2.13. The highest BCUT2D eigenvalue weighted by Crippen LogP contribution is 2.35. The molecule has 0 fully saturated rings. The summed E-state index contributed by atoms with van der Waals surface area (Å²) in [5, 5.41) is 3.02. The van der Waals surface area contributed by atoms with Crippen LogP contribution in [0.2, 0.25) is 0 Å². The van der Waals surface area contributed by atoms with Crippen LogP contribution in [0.15, 0.2) is 30.4 Å². The predicted octanol–water partition coefficient (Wildman–Crippen LogP) is 1.57. The molecule has 1 heterocycles. The van der Waals surface area contributed by atoms with Crippen molar-refractivity contribution in [3.05, 3.63) is 30.4 Å². The largest absolute Gasteiger partial charge is 0.489 e. The van der Waals surface area contributed by atoms with E-state index in [2.05, 4.69) is 11.9 Å². The summed E-state index contributed by atoms with van der Waals surface area (Å²) in [6, 6.07) is 5.54. The smallest absolute Gasteiger partial charge is 0.231 e. The van der Waals surface area contributed by atoms with E-state index < -0.39 is 0 Å². The molecule has 1 aromatic rings. The first-order chi connectivity index (χ1) is 7.79. The third-order valence-corrected chi connectivity index (χ3v) is 2.21. The molecule has 0 atom stereocenters. The van der Waals surface area contributed by atoms with Crippen LogP contribution in [0, 0.1) is 0 Å². The second-order valence-corrected chi connectivity index (χ2v) is 3.58. The standard InChI is InChI=1S/C12H15NO3/c1-9(6-13-2)7-14-10-3-4-11-12(5-10)16-8-15-11/h3-5,13H,1,6-8H2,2H3. The Morgan fingerprint density at radius 1 is 1.44 bits per heavy atom.